The average Bonchev–Trinajstić information content (AvgIpc) is 2.75. The maximum Gasteiger partial charge on any atom is 0.241 e. The van der Waals surface area contributed by atoms with Gasteiger partial charge in [0.1, 0.15) is 5.82 Å². The van der Waals surface area contributed by atoms with E-state index in [1.54, 1.807) is 32.2 Å². The van der Waals surface area contributed by atoms with Crippen LogP contribution in [0.25, 0.3) is 11.0 Å². The Morgan fingerprint density at radius 2 is 2.11 bits per heavy atom. The number of hydrogen-bond donors (Lipinski definition) is 1. The molecule has 0 unspecified atom stereocenters. The Balaban J connectivity index is 2.35. The highest BCUT2D eigenvalue weighted by molar-refractivity contribution is 6.28. The van der Waals surface area contributed by atoms with Crippen molar-refractivity contribution >= 4 is 34.4 Å². The van der Waals surface area contributed by atoms with Gasteiger partial charge in [-0.05, 0) is 11.6 Å². The third kappa shape index (κ3) is 2.35. The molecule has 0 aliphatic carbocycles. The lowest BCUT2D eigenvalue weighted by atomic mass is 10.3. The maximum atomic E-state index is 11.7. The van der Waals surface area contributed by atoms with Crippen LogP contribution in [-0.4, -0.2) is 58.7 Å². The first-order valence-corrected chi connectivity index (χ1v) is 5.64. The number of carbonyl (C=O) groups excluding carboxylic acids is 1. The van der Waals surface area contributed by atoms with Gasteiger partial charge in [0.25, 0.3) is 0 Å². The van der Waals surface area contributed by atoms with Crippen LogP contribution in [0.4, 0.5) is 5.82 Å². The van der Waals surface area contributed by atoms with Gasteiger partial charge in [-0.1, -0.05) is 0 Å². The van der Waals surface area contributed by atoms with Gasteiger partial charge < -0.3 is 9.80 Å². The fourth-order valence-electron chi connectivity index (χ4n) is 1.50. The number of hydrogen-bond acceptors (Lipinski definition) is 5. The summed E-state index contributed by atoms with van der Waals surface area (Å²) in [6.07, 6.45) is 1.61. The second kappa shape index (κ2) is 4.77. The molecule has 0 bridgehead atoms. The number of likely N-dealkylation sites (N-methyl/N-ethyl adjacent to an activating group) is 2. The molecule has 18 heavy (non-hydrogen) atoms. The number of amides is 1. The van der Waals surface area contributed by atoms with Crippen LogP contribution in [0.2, 0.25) is 5.28 Å². The highest BCUT2D eigenvalue weighted by Gasteiger charge is 2.15. The zero-order valence-corrected chi connectivity index (χ0v) is 11.1. The highest BCUT2D eigenvalue weighted by atomic mass is 35.5. The van der Waals surface area contributed by atoms with Gasteiger partial charge in [0.05, 0.1) is 18.1 Å². The molecular weight excluding hydrogens is 256 g/mol. The summed E-state index contributed by atoms with van der Waals surface area (Å²) in [6.45, 7) is 0.209. The number of rotatable bonds is 3. The number of halogens is 1. The van der Waals surface area contributed by atoms with Gasteiger partial charge in [-0.15, -0.1) is 0 Å². The molecule has 0 radical (unpaired) electrons. The highest BCUT2D eigenvalue weighted by Crippen LogP contribution is 2.22. The lowest BCUT2D eigenvalue weighted by molar-refractivity contribution is -0.127. The predicted octanol–water partition coefficient (Wildman–Crippen LogP) is 0.531. The Labute approximate surface area is 109 Å². The smallest absolute Gasteiger partial charge is 0.241 e. The molecule has 2 aromatic rings. The molecule has 0 aliphatic rings. The lowest BCUT2D eigenvalue weighted by Gasteiger charge is -2.20. The molecule has 96 valence electrons. The van der Waals surface area contributed by atoms with E-state index in [0.29, 0.717) is 11.5 Å². The van der Waals surface area contributed by atoms with Gasteiger partial charge in [-0.3, -0.25) is 9.89 Å². The Bertz CT molecular complexity index is 581. The summed E-state index contributed by atoms with van der Waals surface area (Å²) in [5, 5.41) is 7.46. The normalized spacial score (nSPS) is 10.7. The van der Waals surface area contributed by atoms with Crippen molar-refractivity contribution in [3.63, 3.8) is 0 Å². The predicted molar refractivity (Wildman–Crippen MR) is 68.7 cm³/mol. The summed E-state index contributed by atoms with van der Waals surface area (Å²) in [5.74, 6) is 0.554. The van der Waals surface area contributed by atoms with Crippen molar-refractivity contribution in [2.75, 3.05) is 32.6 Å². The molecule has 0 saturated carbocycles. The number of fused-ring (bicyclic) bond motifs is 1. The van der Waals surface area contributed by atoms with Gasteiger partial charge in [-0.25, -0.2) is 0 Å². The molecule has 2 aromatic heterocycles. The fourth-order valence-corrected chi connectivity index (χ4v) is 1.67. The first kappa shape index (κ1) is 12.6. The summed E-state index contributed by atoms with van der Waals surface area (Å²) in [5.41, 5.74) is 0.550. The second-order valence-corrected chi connectivity index (χ2v) is 4.43. The van der Waals surface area contributed by atoms with Crippen LogP contribution in [0.3, 0.4) is 0 Å². The first-order chi connectivity index (χ1) is 8.49. The minimum Gasteiger partial charge on any atom is -0.350 e. The molecule has 8 heteroatoms. The Morgan fingerprint density at radius 3 is 2.78 bits per heavy atom. The number of aromatic nitrogens is 4. The van der Waals surface area contributed by atoms with Crippen LogP contribution in [0.1, 0.15) is 0 Å². The molecule has 1 amide bonds. The summed E-state index contributed by atoms with van der Waals surface area (Å²) in [7, 11) is 5.18. The monoisotopic (exact) mass is 268 g/mol. The molecule has 0 spiro atoms. The topological polar surface area (TPSA) is 78.0 Å². The van der Waals surface area contributed by atoms with Crippen molar-refractivity contribution < 1.29 is 4.79 Å². The minimum atomic E-state index is -0.0242. The molecular formula is C10H13ClN6O. The van der Waals surface area contributed by atoms with E-state index in [4.69, 9.17) is 11.6 Å². The van der Waals surface area contributed by atoms with Gasteiger partial charge in [0.15, 0.2) is 5.65 Å². The maximum absolute atomic E-state index is 11.7. The van der Waals surface area contributed by atoms with Gasteiger partial charge in [0, 0.05) is 21.1 Å². The van der Waals surface area contributed by atoms with E-state index in [1.165, 1.54) is 4.90 Å². The van der Waals surface area contributed by atoms with Crippen LogP contribution >= 0.6 is 11.6 Å². The van der Waals surface area contributed by atoms with E-state index in [2.05, 4.69) is 20.2 Å². The number of nitrogens with one attached hydrogen (secondary N) is 1. The zero-order chi connectivity index (χ0) is 13.3. The number of aromatic amines is 1. The van der Waals surface area contributed by atoms with E-state index in [9.17, 15) is 4.79 Å². The molecule has 0 saturated heterocycles. The van der Waals surface area contributed by atoms with E-state index in [1.807, 2.05) is 0 Å². The first-order valence-electron chi connectivity index (χ1n) is 5.27. The number of carbonyl (C=O) groups is 1. The van der Waals surface area contributed by atoms with Crippen molar-refractivity contribution in [3.8, 4) is 0 Å². The van der Waals surface area contributed by atoms with Gasteiger partial charge in [-0.2, -0.15) is 15.1 Å². The summed E-state index contributed by atoms with van der Waals surface area (Å²) < 4.78 is 0. The van der Waals surface area contributed by atoms with E-state index in [-0.39, 0.29) is 17.7 Å². The molecule has 2 rings (SSSR count). The summed E-state index contributed by atoms with van der Waals surface area (Å²) in [6, 6.07) is 0. The fraction of sp³-hybridized carbons (Fsp3) is 0.400. The van der Waals surface area contributed by atoms with Crippen LogP contribution < -0.4 is 4.90 Å². The van der Waals surface area contributed by atoms with E-state index in [0.717, 1.165) is 5.39 Å². The van der Waals surface area contributed by atoms with Crippen molar-refractivity contribution in [2.45, 2.75) is 0 Å². The van der Waals surface area contributed by atoms with E-state index < -0.39 is 0 Å². The standard InChI is InChI=1S/C10H13ClN6O/c1-16(2)7(18)5-17(3)9-6-4-12-15-8(6)13-10(11)14-9/h4H,5H2,1-3H3,(H,12,13,14,15). The zero-order valence-electron chi connectivity index (χ0n) is 10.3. The van der Waals surface area contributed by atoms with Crippen molar-refractivity contribution in [1.82, 2.24) is 25.1 Å². The number of H-pyrrole nitrogens is 1. The largest absolute Gasteiger partial charge is 0.350 e. The molecule has 2 heterocycles. The summed E-state index contributed by atoms with van der Waals surface area (Å²) >= 11 is 5.83. The Hall–Kier alpha value is -1.89. The second-order valence-electron chi connectivity index (χ2n) is 4.09. The third-order valence-electron chi connectivity index (χ3n) is 2.50. The van der Waals surface area contributed by atoms with Crippen LogP contribution in [0.5, 0.6) is 0 Å². The number of anilines is 1. The quantitative estimate of drug-likeness (QED) is 0.822. The molecule has 0 atom stereocenters. The van der Waals surface area contributed by atoms with E-state index >= 15 is 0 Å². The average molecular weight is 269 g/mol. The van der Waals surface area contributed by atoms with Crippen molar-refractivity contribution in [2.24, 2.45) is 0 Å². The number of nitrogens with zero attached hydrogens (tertiary/aromatic N) is 5. The molecule has 0 aromatic carbocycles. The third-order valence-corrected chi connectivity index (χ3v) is 2.66. The molecule has 0 aliphatic heterocycles. The van der Waals surface area contributed by atoms with Crippen LogP contribution in [0, 0.1) is 0 Å². The molecule has 1 N–H and O–H groups in total. The van der Waals surface area contributed by atoms with Gasteiger partial charge in [0.2, 0.25) is 11.2 Å². The Kier molecular flexibility index (Phi) is 3.33. The molecule has 7 nitrogen and oxygen atoms in total. The lowest BCUT2D eigenvalue weighted by Crippen LogP contribution is -2.34. The SMILES string of the molecule is CN(C)C(=O)CN(C)c1nc(Cl)nc2[nH]ncc12. The minimum absolute atomic E-state index is 0.0242. The summed E-state index contributed by atoms with van der Waals surface area (Å²) in [4.78, 5) is 23.0. The van der Waals surface area contributed by atoms with Crippen molar-refractivity contribution in [1.29, 1.82) is 0 Å². The Morgan fingerprint density at radius 1 is 1.39 bits per heavy atom. The molecule has 0 fully saturated rings. The van der Waals surface area contributed by atoms with Crippen LogP contribution in [0.15, 0.2) is 6.20 Å². The van der Waals surface area contributed by atoms with Gasteiger partial charge >= 0.3 is 0 Å². The van der Waals surface area contributed by atoms with Crippen LogP contribution in [-0.2, 0) is 4.79 Å². The van der Waals surface area contributed by atoms with Crippen molar-refractivity contribution in [3.05, 3.63) is 11.5 Å².